The smallest absolute Gasteiger partial charge is 0.186 e. The highest BCUT2D eigenvalue weighted by Gasteiger charge is 2.16. The Bertz CT molecular complexity index is 559. The third-order valence-electron chi connectivity index (χ3n) is 3.32. The molecule has 2 rings (SSSR count). The van der Waals surface area contributed by atoms with Gasteiger partial charge in [0.25, 0.3) is 0 Å². The summed E-state index contributed by atoms with van der Waals surface area (Å²) in [6.07, 6.45) is 0. The van der Waals surface area contributed by atoms with E-state index in [0.717, 1.165) is 11.4 Å². The van der Waals surface area contributed by atoms with Gasteiger partial charge in [0.05, 0.1) is 11.4 Å². The van der Waals surface area contributed by atoms with Gasteiger partial charge in [-0.1, -0.05) is 30.3 Å². The molecule has 106 valence electrons. The summed E-state index contributed by atoms with van der Waals surface area (Å²) in [7, 11) is 0. The van der Waals surface area contributed by atoms with E-state index < -0.39 is 0 Å². The number of carbonyl (C=O) groups is 1. The molecule has 0 bridgehead atoms. The summed E-state index contributed by atoms with van der Waals surface area (Å²) in [6, 6.07) is 14.6. The zero-order valence-electron chi connectivity index (χ0n) is 12.3. The van der Waals surface area contributed by atoms with Crippen molar-refractivity contribution >= 4 is 17.1 Å². The Hall–Kier alpha value is -1.45. The van der Waals surface area contributed by atoms with Crippen LogP contribution in [0.1, 0.15) is 34.0 Å². The van der Waals surface area contributed by atoms with E-state index in [-0.39, 0.29) is 5.78 Å². The van der Waals surface area contributed by atoms with Crippen LogP contribution < -0.4 is 0 Å². The first-order valence-electron chi connectivity index (χ1n) is 6.94. The zero-order chi connectivity index (χ0) is 14.5. The van der Waals surface area contributed by atoms with Gasteiger partial charge < -0.3 is 0 Å². The van der Waals surface area contributed by atoms with E-state index in [9.17, 15) is 4.79 Å². The number of nitrogens with zero attached hydrogens (tertiary/aromatic N) is 1. The maximum absolute atomic E-state index is 12.3. The van der Waals surface area contributed by atoms with Crippen LogP contribution in [0.5, 0.6) is 0 Å². The molecule has 20 heavy (non-hydrogen) atoms. The lowest BCUT2D eigenvalue weighted by Gasteiger charge is -2.25. The minimum atomic E-state index is 0.215. The number of thiophene rings is 1. The number of hydrogen-bond donors (Lipinski definition) is 0. The van der Waals surface area contributed by atoms with Crippen molar-refractivity contribution in [3.63, 3.8) is 0 Å². The summed E-state index contributed by atoms with van der Waals surface area (Å²) in [5.41, 5.74) is 1.25. The summed E-state index contributed by atoms with van der Waals surface area (Å²) in [4.78, 5) is 16.6. The van der Waals surface area contributed by atoms with Crippen LogP contribution in [0, 0.1) is 6.92 Å². The van der Waals surface area contributed by atoms with Gasteiger partial charge in [-0.05, 0) is 38.5 Å². The fraction of sp³-hybridized carbons (Fsp3) is 0.353. The van der Waals surface area contributed by atoms with Crippen LogP contribution in [0.4, 0.5) is 0 Å². The second-order valence-electron chi connectivity index (χ2n) is 5.32. The summed E-state index contributed by atoms with van der Waals surface area (Å²) < 4.78 is 0. The third-order valence-corrected chi connectivity index (χ3v) is 4.36. The summed E-state index contributed by atoms with van der Waals surface area (Å²) in [6.45, 7) is 7.60. The predicted octanol–water partition coefficient (Wildman–Crippen LogP) is 4.15. The van der Waals surface area contributed by atoms with Gasteiger partial charge in [-0.15, -0.1) is 11.3 Å². The van der Waals surface area contributed by atoms with Crippen molar-refractivity contribution in [2.45, 2.75) is 33.4 Å². The molecule has 2 nitrogen and oxygen atoms in total. The fourth-order valence-corrected chi connectivity index (χ4v) is 2.88. The molecule has 0 unspecified atom stereocenters. The van der Waals surface area contributed by atoms with Gasteiger partial charge in [0.2, 0.25) is 0 Å². The first kappa shape index (κ1) is 14.9. The lowest BCUT2D eigenvalue weighted by Crippen LogP contribution is -2.35. The molecule has 0 aliphatic heterocycles. The maximum atomic E-state index is 12.3. The van der Waals surface area contributed by atoms with E-state index in [1.165, 1.54) is 10.4 Å². The van der Waals surface area contributed by atoms with Gasteiger partial charge >= 0.3 is 0 Å². The molecule has 0 atom stereocenters. The van der Waals surface area contributed by atoms with Gasteiger partial charge in [-0.3, -0.25) is 9.69 Å². The zero-order valence-corrected chi connectivity index (χ0v) is 13.1. The van der Waals surface area contributed by atoms with Crippen LogP contribution in [-0.4, -0.2) is 23.3 Å². The molecular formula is C17H21NOS. The van der Waals surface area contributed by atoms with Crippen LogP contribution in [0.3, 0.4) is 0 Å². The molecule has 1 heterocycles. The van der Waals surface area contributed by atoms with Crippen LogP contribution in [-0.2, 0) is 6.54 Å². The summed E-state index contributed by atoms with van der Waals surface area (Å²) in [5.74, 6) is 0.215. The molecule has 1 aromatic heterocycles. The Morgan fingerprint density at radius 3 is 2.40 bits per heavy atom. The Morgan fingerprint density at radius 1 is 1.15 bits per heavy atom. The molecule has 0 fully saturated rings. The Kier molecular flexibility index (Phi) is 5.10. The SMILES string of the molecule is Cc1ccc(C(=O)CN(Cc2ccccc2)C(C)C)s1. The van der Waals surface area contributed by atoms with Crippen molar-refractivity contribution in [3.05, 3.63) is 57.8 Å². The van der Waals surface area contributed by atoms with Crippen molar-refractivity contribution in [1.29, 1.82) is 0 Å². The maximum Gasteiger partial charge on any atom is 0.186 e. The molecule has 0 radical (unpaired) electrons. The van der Waals surface area contributed by atoms with E-state index in [1.807, 2.05) is 37.3 Å². The average Bonchev–Trinajstić information content (AvgIpc) is 2.86. The van der Waals surface area contributed by atoms with Crippen molar-refractivity contribution in [3.8, 4) is 0 Å². The van der Waals surface area contributed by atoms with E-state index >= 15 is 0 Å². The Morgan fingerprint density at radius 2 is 1.85 bits per heavy atom. The van der Waals surface area contributed by atoms with Gasteiger partial charge in [-0.2, -0.15) is 0 Å². The Labute approximate surface area is 125 Å². The number of hydrogen-bond acceptors (Lipinski definition) is 3. The first-order chi connectivity index (χ1) is 9.56. The molecule has 1 aromatic carbocycles. The van der Waals surface area contributed by atoms with Crippen molar-refractivity contribution in [2.24, 2.45) is 0 Å². The van der Waals surface area contributed by atoms with Crippen LogP contribution in [0.15, 0.2) is 42.5 Å². The number of ketones is 1. The van der Waals surface area contributed by atoms with Crippen LogP contribution >= 0.6 is 11.3 Å². The highest BCUT2D eigenvalue weighted by atomic mass is 32.1. The second kappa shape index (κ2) is 6.82. The van der Waals surface area contributed by atoms with Crippen molar-refractivity contribution in [2.75, 3.05) is 6.54 Å². The molecule has 0 amide bonds. The quantitative estimate of drug-likeness (QED) is 0.744. The van der Waals surface area contributed by atoms with Crippen molar-refractivity contribution < 1.29 is 4.79 Å². The lowest BCUT2D eigenvalue weighted by atomic mass is 10.1. The number of rotatable bonds is 6. The normalized spacial score (nSPS) is 11.2. The molecule has 2 aromatic rings. The number of aryl methyl sites for hydroxylation is 1. The highest BCUT2D eigenvalue weighted by Crippen LogP contribution is 2.17. The van der Waals surface area contributed by atoms with Gasteiger partial charge in [0.1, 0.15) is 0 Å². The summed E-state index contributed by atoms with van der Waals surface area (Å²) >= 11 is 1.58. The minimum Gasteiger partial charge on any atom is -0.292 e. The molecule has 0 N–H and O–H groups in total. The molecule has 0 saturated heterocycles. The molecule has 0 aliphatic carbocycles. The van der Waals surface area contributed by atoms with Crippen molar-refractivity contribution in [1.82, 2.24) is 4.90 Å². The van der Waals surface area contributed by atoms with Gasteiger partial charge in [-0.25, -0.2) is 0 Å². The predicted molar refractivity (Wildman–Crippen MR) is 85.4 cm³/mol. The van der Waals surface area contributed by atoms with E-state index in [1.54, 1.807) is 11.3 Å². The van der Waals surface area contributed by atoms with Gasteiger partial charge in [0.15, 0.2) is 5.78 Å². The fourth-order valence-electron chi connectivity index (χ4n) is 2.09. The second-order valence-corrected chi connectivity index (χ2v) is 6.61. The molecular weight excluding hydrogens is 266 g/mol. The largest absolute Gasteiger partial charge is 0.292 e. The number of Topliss-reactive ketones (excluding diaryl/α,β-unsaturated/α-hetero) is 1. The molecule has 0 spiro atoms. The number of carbonyl (C=O) groups excluding carboxylic acids is 1. The Balaban J connectivity index is 2.04. The molecule has 0 aliphatic rings. The van der Waals surface area contributed by atoms with E-state index in [4.69, 9.17) is 0 Å². The van der Waals surface area contributed by atoms with Crippen LogP contribution in [0.25, 0.3) is 0 Å². The summed E-state index contributed by atoms with van der Waals surface area (Å²) in [5, 5.41) is 0. The van der Waals surface area contributed by atoms with Gasteiger partial charge in [0, 0.05) is 17.5 Å². The average molecular weight is 287 g/mol. The molecule has 0 saturated carbocycles. The van der Waals surface area contributed by atoms with Crippen LogP contribution in [0.2, 0.25) is 0 Å². The topological polar surface area (TPSA) is 20.3 Å². The molecule has 3 heteroatoms. The van der Waals surface area contributed by atoms with E-state index in [0.29, 0.717) is 12.6 Å². The number of benzene rings is 1. The standard InChI is InChI=1S/C17H21NOS/c1-13(2)18(11-15-7-5-4-6-8-15)12-16(19)17-10-9-14(3)20-17/h4-10,13H,11-12H2,1-3H3. The monoisotopic (exact) mass is 287 g/mol. The minimum absolute atomic E-state index is 0.215. The third kappa shape index (κ3) is 4.02. The van der Waals surface area contributed by atoms with E-state index in [2.05, 4.69) is 30.9 Å². The highest BCUT2D eigenvalue weighted by molar-refractivity contribution is 7.14. The lowest BCUT2D eigenvalue weighted by molar-refractivity contribution is 0.0902. The first-order valence-corrected chi connectivity index (χ1v) is 7.75.